The number of benzene rings is 2. The summed E-state index contributed by atoms with van der Waals surface area (Å²) in [5.41, 5.74) is 4.24. The van der Waals surface area contributed by atoms with Gasteiger partial charge in [-0.1, -0.05) is 41.6 Å². The molecule has 1 aliphatic rings. The standard InChI is InChI=1S/C21H23N3O2S/c1-15-8-10-16(11-9-15)24-19-7-3-2-6-18(19)23-21(24)27-14-20(25)22-13-17-5-4-12-26-17/h2-3,6-11,17H,4-5,12-14H2,1H3,(H,22,25)/t17-/m0/s1. The molecule has 1 aliphatic heterocycles. The summed E-state index contributed by atoms with van der Waals surface area (Å²) in [7, 11) is 0. The van der Waals surface area contributed by atoms with E-state index >= 15 is 0 Å². The molecule has 0 radical (unpaired) electrons. The van der Waals surface area contributed by atoms with Crippen LogP contribution in [0.5, 0.6) is 0 Å². The monoisotopic (exact) mass is 381 g/mol. The lowest BCUT2D eigenvalue weighted by atomic mass is 10.2. The second-order valence-corrected chi connectivity index (χ2v) is 7.72. The van der Waals surface area contributed by atoms with Gasteiger partial charge >= 0.3 is 0 Å². The van der Waals surface area contributed by atoms with Crippen molar-refractivity contribution < 1.29 is 9.53 Å². The molecular formula is C21H23N3O2S. The number of nitrogens with zero attached hydrogens (tertiary/aromatic N) is 2. The predicted octanol–water partition coefficient (Wildman–Crippen LogP) is 3.72. The summed E-state index contributed by atoms with van der Waals surface area (Å²) in [4.78, 5) is 17.0. The van der Waals surface area contributed by atoms with Crippen LogP contribution in [-0.4, -0.2) is 40.5 Å². The summed E-state index contributed by atoms with van der Waals surface area (Å²) in [6.07, 6.45) is 2.27. The van der Waals surface area contributed by atoms with Crippen LogP contribution < -0.4 is 5.32 Å². The Labute approximate surface area is 163 Å². The first-order chi connectivity index (χ1) is 13.2. The number of hydrogen-bond acceptors (Lipinski definition) is 4. The molecule has 0 bridgehead atoms. The van der Waals surface area contributed by atoms with Gasteiger partial charge in [0.15, 0.2) is 5.16 Å². The Kier molecular flexibility index (Phi) is 5.45. The molecule has 27 heavy (non-hydrogen) atoms. The third-order valence-electron chi connectivity index (χ3n) is 4.71. The van der Waals surface area contributed by atoms with Crippen LogP contribution >= 0.6 is 11.8 Å². The Morgan fingerprint density at radius 2 is 2.07 bits per heavy atom. The molecule has 140 valence electrons. The fraction of sp³-hybridized carbons (Fsp3) is 0.333. The van der Waals surface area contributed by atoms with Crippen LogP contribution in [0.4, 0.5) is 0 Å². The number of thioether (sulfide) groups is 1. The predicted molar refractivity (Wildman–Crippen MR) is 109 cm³/mol. The number of aromatic nitrogens is 2. The second-order valence-electron chi connectivity index (χ2n) is 6.78. The summed E-state index contributed by atoms with van der Waals surface area (Å²) >= 11 is 1.46. The number of carbonyl (C=O) groups excluding carboxylic acids is 1. The van der Waals surface area contributed by atoms with Crippen LogP contribution in [0.2, 0.25) is 0 Å². The Hall–Kier alpha value is -2.31. The van der Waals surface area contributed by atoms with E-state index in [9.17, 15) is 4.79 Å². The van der Waals surface area contributed by atoms with Gasteiger partial charge in [-0.05, 0) is 44.0 Å². The van der Waals surface area contributed by atoms with Crippen LogP contribution in [0.1, 0.15) is 18.4 Å². The van der Waals surface area contributed by atoms with Crippen molar-refractivity contribution in [1.29, 1.82) is 0 Å². The zero-order chi connectivity index (χ0) is 18.6. The highest BCUT2D eigenvalue weighted by Crippen LogP contribution is 2.28. The van der Waals surface area contributed by atoms with Crippen molar-refractivity contribution in [1.82, 2.24) is 14.9 Å². The van der Waals surface area contributed by atoms with Crippen molar-refractivity contribution in [3.63, 3.8) is 0 Å². The molecule has 0 unspecified atom stereocenters. The first-order valence-corrected chi connectivity index (χ1v) is 10.2. The zero-order valence-electron chi connectivity index (χ0n) is 15.4. The minimum atomic E-state index is 0.0120. The number of imidazole rings is 1. The highest BCUT2D eigenvalue weighted by molar-refractivity contribution is 7.99. The SMILES string of the molecule is Cc1ccc(-n2c(SCC(=O)NC[C@@H]3CCCO3)nc3ccccc32)cc1. The molecule has 1 amide bonds. The highest BCUT2D eigenvalue weighted by atomic mass is 32.2. The average Bonchev–Trinajstić information content (AvgIpc) is 3.33. The molecule has 2 aromatic carbocycles. The fourth-order valence-corrected chi connectivity index (χ4v) is 4.12. The zero-order valence-corrected chi connectivity index (χ0v) is 16.2. The Morgan fingerprint density at radius 3 is 2.85 bits per heavy atom. The van der Waals surface area contributed by atoms with Gasteiger partial charge in [-0.25, -0.2) is 4.98 Å². The van der Waals surface area contributed by atoms with Crippen LogP contribution in [0, 0.1) is 6.92 Å². The summed E-state index contributed by atoms with van der Waals surface area (Å²) < 4.78 is 7.67. The summed E-state index contributed by atoms with van der Waals surface area (Å²) in [6.45, 7) is 3.47. The number of hydrogen-bond donors (Lipinski definition) is 1. The van der Waals surface area contributed by atoms with Crippen LogP contribution in [0.15, 0.2) is 53.7 Å². The third kappa shape index (κ3) is 4.17. The van der Waals surface area contributed by atoms with E-state index in [0.29, 0.717) is 12.3 Å². The molecule has 3 aromatic rings. The molecule has 1 saturated heterocycles. The molecular weight excluding hydrogens is 358 g/mol. The van der Waals surface area contributed by atoms with Crippen molar-refractivity contribution in [2.45, 2.75) is 31.0 Å². The molecule has 1 atom stereocenters. The van der Waals surface area contributed by atoms with Gasteiger partial charge in [-0.2, -0.15) is 0 Å². The summed E-state index contributed by atoms with van der Waals surface area (Å²) in [6, 6.07) is 16.4. The molecule has 0 spiro atoms. The number of aryl methyl sites for hydroxylation is 1. The number of fused-ring (bicyclic) bond motifs is 1. The minimum absolute atomic E-state index is 0.0120. The maximum atomic E-state index is 12.3. The lowest BCUT2D eigenvalue weighted by Gasteiger charge is -2.11. The minimum Gasteiger partial charge on any atom is -0.376 e. The number of rotatable bonds is 6. The Bertz CT molecular complexity index is 930. The molecule has 1 aromatic heterocycles. The van der Waals surface area contributed by atoms with E-state index in [1.54, 1.807) is 0 Å². The average molecular weight is 382 g/mol. The maximum absolute atomic E-state index is 12.3. The largest absolute Gasteiger partial charge is 0.376 e. The van der Waals surface area contributed by atoms with E-state index in [2.05, 4.69) is 47.1 Å². The smallest absolute Gasteiger partial charge is 0.230 e. The Morgan fingerprint density at radius 1 is 1.26 bits per heavy atom. The Balaban J connectivity index is 1.51. The van der Waals surface area contributed by atoms with E-state index in [4.69, 9.17) is 9.72 Å². The molecule has 2 heterocycles. The van der Waals surface area contributed by atoms with Crippen molar-refractivity contribution in [3.8, 4) is 5.69 Å². The second kappa shape index (κ2) is 8.15. The van der Waals surface area contributed by atoms with Crippen molar-refractivity contribution in [3.05, 3.63) is 54.1 Å². The summed E-state index contributed by atoms with van der Waals surface area (Å²) in [5, 5.41) is 3.80. The molecule has 0 aliphatic carbocycles. The van der Waals surface area contributed by atoms with Gasteiger partial charge in [-0.15, -0.1) is 0 Å². The summed E-state index contributed by atoms with van der Waals surface area (Å²) in [5.74, 6) is 0.347. The van der Waals surface area contributed by atoms with E-state index in [-0.39, 0.29) is 12.0 Å². The first kappa shape index (κ1) is 18.1. The normalized spacial score (nSPS) is 16.7. The highest BCUT2D eigenvalue weighted by Gasteiger charge is 2.17. The van der Waals surface area contributed by atoms with Crippen LogP contribution in [0.3, 0.4) is 0 Å². The lowest BCUT2D eigenvalue weighted by molar-refractivity contribution is -0.119. The quantitative estimate of drug-likeness (QED) is 0.661. The van der Waals surface area contributed by atoms with E-state index in [0.717, 1.165) is 41.3 Å². The van der Waals surface area contributed by atoms with Crippen molar-refractivity contribution >= 4 is 28.7 Å². The number of carbonyl (C=O) groups is 1. The topological polar surface area (TPSA) is 56.2 Å². The number of amides is 1. The fourth-order valence-electron chi connectivity index (χ4n) is 3.26. The van der Waals surface area contributed by atoms with Gasteiger partial charge in [0.05, 0.1) is 22.9 Å². The van der Waals surface area contributed by atoms with E-state index in [1.807, 2.05) is 18.2 Å². The molecule has 0 saturated carbocycles. The van der Waals surface area contributed by atoms with Gasteiger partial charge in [-0.3, -0.25) is 9.36 Å². The molecule has 1 fully saturated rings. The van der Waals surface area contributed by atoms with Crippen LogP contribution in [0.25, 0.3) is 16.7 Å². The van der Waals surface area contributed by atoms with Gasteiger partial charge in [0.2, 0.25) is 5.91 Å². The van der Waals surface area contributed by atoms with Crippen molar-refractivity contribution in [2.75, 3.05) is 18.9 Å². The number of para-hydroxylation sites is 2. The first-order valence-electron chi connectivity index (χ1n) is 9.26. The maximum Gasteiger partial charge on any atom is 0.230 e. The third-order valence-corrected chi connectivity index (χ3v) is 5.64. The number of ether oxygens (including phenoxy) is 1. The number of nitrogens with one attached hydrogen (secondary N) is 1. The van der Waals surface area contributed by atoms with Gasteiger partial charge in [0.1, 0.15) is 0 Å². The molecule has 1 N–H and O–H groups in total. The lowest BCUT2D eigenvalue weighted by Crippen LogP contribution is -2.32. The molecule has 4 rings (SSSR count). The van der Waals surface area contributed by atoms with Crippen LogP contribution in [-0.2, 0) is 9.53 Å². The van der Waals surface area contributed by atoms with Gasteiger partial charge in [0.25, 0.3) is 0 Å². The van der Waals surface area contributed by atoms with Gasteiger partial charge < -0.3 is 10.1 Å². The van der Waals surface area contributed by atoms with E-state index in [1.165, 1.54) is 17.3 Å². The van der Waals surface area contributed by atoms with Crippen molar-refractivity contribution in [2.24, 2.45) is 0 Å². The van der Waals surface area contributed by atoms with E-state index < -0.39 is 0 Å². The molecule has 6 heteroatoms. The molecule has 5 nitrogen and oxygen atoms in total. The van der Waals surface area contributed by atoms with Gasteiger partial charge in [0, 0.05) is 18.8 Å².